The van der Waals surface area contributed by atoms with Gasteiger partial charge in [0.25, 0.3) is 5.91 Å². The maximum Gasteiger partial charge on any atom is 0.254 e. The highest BCUT2D eigenvalue weighted by atomic mass is 32.2. The Hall–Kier alpha value is -1.74. The van der Waals surface area contributed by atoms with Gasteiger partial charge < -0.3 is 4.90 Å². The van der Waals surface area contributed by atoms with Crippen LogP contribution in [0.25, 0.3) is 0 Å². The molecule has 0 spiro atoms. The second-order valence-corrected chi connectivity index (χ2v) is 8.53. The number of carbonyl (C=O) groups is 1. The third-order valence-corrected chi connectivity index (χ3v) is 5.32. The molecule has 0 bridgehead atoms. The van der Waals surface area contributed by atoms with Crippen molar-refractivity contribution >= 4 is 17.7 Å². The molecule has 0 atom stereocenters. The fraction of sp³-hybridized carbons (Fsp3) is 0.458. The smallest absolute Gasteiger partial charge is 0.254 e. The molecular formula is C24H35NOS. The summed E-state index contributed by atoms with van der Waals surface area (Å²) in [5.41, 5.74) is 5.07. The lowest BCUT2D eigenvalue weighted by atomic mass is 10.1. The predicted octanol–water partition coefficient (Wildman–Crippen LogP) is 6.90. The van der Waals surface area contributed by atoms with E-state index in [1.54, 1.807) is 30.8 Å². The summed E-state index contributed by atoms with van der Waals surface area (Å²) in [6.07, 6.45) is 11.4. The summed E-state index contributed by atoms with van der Waals surface area (Å²) in [6.45, 7) is 8.73. The van der Waals surface area contributed by atoms with E-state index in [0.717, 1.165) is 41.9 Å². The van der Waals surface area contributed by atoms with E-state index in [1.165, 1.54) is 16.7 Å². The molecule has 0 heterocycles. The number of hydrogen-bond donors (Lipinski definition) is 0. The number of amides is 1. The van der Waals surface area contributed by atoms with Crippen LogP contribution in [-0.4, -0.2) is 30.7 Å². The lowest BCUT2D eigenvalue weighted by Gasteiger charge is -2.13. The predicted molar refractivity (Wildman–Crippen MR) is 121 cm³/mol. The summed E-state index contributed by atoms with van der Waals surface area (Å²) >= 11 is 1.73. The lowest BCUT2D eigenvalue weighted by molar-refractivity contribution is 0.0824. The fourth-order valence-corrected chi connectivity index (χ4v) is 3.66. The first-order valence-corrected chi connectivity index (χ1v) is 10.7. The summed E-state index contributed by atoms with van der Waals surface area (Å²) in [7, 11) is 3.59. The first kappa shape index (κ1) is 23.3. The van der Waals surface area contributed by atoms with Crippen molar-refractivity contribution < 1.29 is 4.79 Å². The Morgan fingerprint density at radius 1 is 0.926 bits per heavy atom. The van der Waals surface area contributed by atoms with Crippen molar-refractivity contribution in [3.05, 3.63) is 64.8 Å². The van der Waals surface area contributed by atoms with Gasteiger partial charge in [-0.05, 0) is 65.5 Å². The lowest BCUT2D eigenvalue weighted by Crippen LogP contribution is -2.22. The monoisotopic (exact) mass is 385 g/mol. The number of benzene rings is 1. The minimum absolute atomic E-state index is 0.0625. The summed E-state index contributed by atoms with van der Waals surface area (Å²) < 4.78 is 0. The van der Waals surface area contributed by atoms with E-state index in [1.807, 2.05) is 24.3 Å². The first-order valence-electron chi connectivity index (χ1n) is 9.69. The van der Waals surface area contributed by atoms with Gasteiger partial charge in [-0.25, -0.2) is 0 Å². The normalized spacial score (nSPS) is 12.1. The van der Waals surface area contributed by atoms with Gasteiger partial charge in [-0.15, -0.1) is 11.8 Å². The summed E-state index contributed by atoms with van der Waals surface area (Å²) in [4.78, 5) is 14.9. The van der Waals surface area contributed by atoms with Gasteiger partial charge in [-0.3, -0.25) is 4.79 Å². The zero-order valence-corrected chi connectivity index (χ0v) is 18.7. The van der Waals surface area contributed by atoms with Crippen molar-refractivity contribution in [3.63, 3.8) is 0 Å². The Labute approximate surface area is 170 Å². The van der Waals surface area contributed by atoms with Crippen LogP contribution in [0.4, 0.5) is 0 Å². The molecule has 0 fully saturated rings. The number of thioether (sulfide) groups is 1. The van der Waals surface area contributed by atoms with E-state index in [4.69, 9.17) is 0 Å². The Bertz CT molecular complexity index is 694. The van der Waals surface area contributed by atoms with E-state index in [9.17, 15) is 4.79 Å². The Morgan fingerprint density at radius 3 is 2.15 bits per heavy atom. The van der Waals surface area contributed by atoms with Crippen molar-refractivity contribution in [3.8, 4) is 0 Å². The highest BCUT2D eigenvalue weighted by molar-refractivity contribution is 7.99. The molecule has 0 aliphatic heterocycles. The zero-order valence-electron chi connectivity index (χ0n) is 17.8. The summed E-state index contributed by atoms with van der Waals surface area (Å²) in [6, 6.07) is 7.86. The van der Waals surface area contributed by atoms with Crippen molar-refractivity contribution in [2.45, 2.75) is 58.3 Å². The Kier molecular flexibility index (Phi) is 10.9. The Morgan fingerprint density at radius 2 is 1.52 bits per heavy atom. The maximum absolute atomic E-state index is 12.3. The van der Waals surface area contributed by atoms with E-state index in [-0.39, 0.29) is 5.91 Å². The summed E-state index contributed by atoms with van der Waals surface area (Å²) in [5, 5.41) is 0. The second kappa shape index (κ2) is 12.6. The largest absolute Gasteiger partial charge is 0.345 e. The molecular weight excluding hydrogens is 350 g/mol. The molecule has 0 radical (unpaired) electrons. The first-order chi connectivity index (χ1) is 12.8. The molecule has 1 aromatic rings. The maximum atomic E-state index is 12.3. The number of rotatable bonds is 10. The Balaban J connectivity index is 2.48. The molecule has 27 heavy (non-hydrogen) atoms. The molecule has 0 saturated carbocycles. The van der Waals surface area contributed by atoms with Gasteiger partial charge in [0.1, 0.15) is 0 Å². The fourth-order valence-electron chi connectivity index (χ4n) is 2.62. The number of carbonyl (C=O) groups excluding carboxylic acids is 1. The van der Waals surface area contributed by atoms with Gasteiger partial charge in [0.15, 0.2) is 0 Å². The molecule has 2 nitrogen and oxygen atoms in total. The van der Waals surface area contributed by atoms with E-state index < -0.39 is 0 Å². The van der Waals surface area contributed by atoms with Crippen LogP contribution >= 0.6 is 11.8 Å². The third kappa shape index (κ3) is 9.67. The van der Waals surface area contributed by atoms with Crippen molar-refractivity contribution in [1.82, 2.24) is 4.90 Å². The molecule has 3 heteroatoms. The molecule has 0 saturated heterocycles. The molecule has 1 amide bonds. The highest BCUT2D eigenvalue weighted by Crippen LogP contribution is 2.24. The average molecular weight is 386 g/mol. The number of allylic oxidation sites excluding steroid dienone is 5. The SMILES string of the molecule is CC(C)=CCCC(C)=CCCC(C)=CCSc1ccccc1C(=O)N(C)C. The number of nitrogens with zero attached hydrogens (tertiary/aromatic N) is 1. The summed E-state index contributed by atoms with van der Waals surface area (Å²) in [5.74, 6) is 0.958. The van der Waals surface area contributed by atoms with Crippen molar-refractivity contribution in [2.75, 3.05) is 19.8 Å². The van der Waals surface area contributed by atoms with Gasteiger partial charge in [0, 0.05) is 24.7 Å². The van der Waals surface area contributed by atoms with Crippen LogP contribution in [0.15, 0.2) is 64.1 Å². The highest BCUT2D eigenvalue weighted by Gasteiger charge is 2.12. The molecule has 1 rings (SSSR count). The van der Waals surface area contributed by atoms with Gasteiger partial charge >= 0.3 is 0 Å². The quantitative estimate of drug-likeness (QED) is 0.322. The van der Waals surface area contributed by atoms with Crippen LogP contribution in [0.3, 0.4) is 0 Å². The molecule has 148 valence electrons. The van der Waals surface area contributed by atoms with Crippen LogP contribution in [0, 0.1) is 0 Å². The minimum Gasteiger partial charge on any atom is -0.345 e. The molecule has 1 aromatic carbocycles. The standard InChI is InChI=1S/C24H35NOS/c1-19(2)11-9-12-20(3)13-10-14-21(4)17-18-27-23-16-8-7-15-22(23)24(26)25(5)6/h7-8,11,13,15-17H,9-10,12,14,18H2,1-6H3. The van der Waals surface area contributed by atoms with Crippen LogP contribution in [-0.2, 0) is 0 Å². The third-order valence-electron chi connectivity index (χ3n) is 4.32. The second-order valence-electron chi connectivity index (χ2n) is 7.47. The average Bonchev–Trinajstić information content (AvgIpc) is 2.61. The molecule has 0 N–H and O–H groups in total. The topological polar surface area (TPSA) is 20.3 Å². The minimum atomic E-state index is 0.0625. The van der Waals surface area contributed by atoms with Crippen LogP contribution in [0.2, 0.25) is 0 Å². The van der Waals surface area contributed by atoms with Crippen LogP contribution in [0.1, 0.15) is 63.7 Å². The van der Waals surface area contributed by atoms with Crippen molar-refractivity contribution in [1.29, 1.82) is 0 Å². The molecule has 0 unspecified atom stereocenters. The molecule has 0 aliphatic carbocycles. The van der Waals surface area contributed by atoms with Crippen LogP contribution < -0.4 is 0 Å². The van der Waals surface area contributed by atoms with Gasteiger partial charge in [0.2, 0.25) is 0 Å². The van der Waals surface area contributed by atoms with E-state index in [2.05, 4.69) is 45.9 Å². The zero-order chi connectivity index (χ0) is 20.2. The van der Waals surface area contributed by atoms with Gasteiger partial charge in [-0.2, -0.15) is 0 Å². The van der Waals surface area contributed by atoms with Crippen molar-refractivity contribution in [2.24, 2.45) is 0 Å². The van der Waals surface area contributed by atoms with E-state index in [0.29, 0.717) is 0 Å². The van der Waals surface area contributed by atoms with Crippen LogP contribution in [0.5, 0.6) is 0 Å². The molecule has 0 aromatic heterocycles. The van der Waals surface area contributed by atoms with Gasteiger partial charge in [-0.1, -0.05) is 47.1 Å². The van der Waals surface area contributed by atoms with Gasteiger partial charge in [0.05, 0.1) is 5.56 Å². The van der Waals surface area contributed by atoms with E-state index >= 15 is 0 Å². The molecule has 0 aliphatic rings. The number of hydrogen-bond acceptors (Lipinski definition) is 2.